The molecular formula is C12H13N5O2. The summed E-state index contributed by atoms with van der Waals surface area (Å²) in [6, 6.07) is 0. The van der Waals surface area contributed by atoms with Gasteiger partial charge in [-0.25, -0.2) is 4.79 Å². The standard InChI is InChI=1S/C12H13N5O2/c18-12(17-4-2-1-3-5-17)19-11-6-10(15-16-11)9-7-13-14-8-9/h6-8H,1-5H2. The van der Waals surface area contributed by atoms with E-state index in [4.69, 9.17) is 4.74 Å². The molecule has 0 unspecified atom stereocenters. The highest BCUT2D eigenvalue weighted by atomic mass is 16.6. The molecule has 3 aliphatic heterocycles. The van der Waals surface area contributed by atoms with E-state index >= 15 is 0 Å². The van der Waals surface area contributed by atoms with Crippen molar-refractivity contribution >= 4 is 18.5 Å². The SMILES string of the molecule is O=C(OC1=CC(=C2C=NN=C2)N=N1)N1CCCCC1. The number of likely N-dealkylation sites (tertiary alicyclic amines) is 1. The fourth-order valence-electron chi connectivity index (χ4n) is 2.06. The van der Waals surface area contributed by atoms with Crippen molar-refractivity contribution in [1.82, 2.24) is 4.90 Å². The lowest BCUT2D eigenvalue weighted by Crippen LogP contribution is -2.35. The van der Waals surface area contributed by atoms with Gasteiger partial charge in [-0.3, -0.25) is 0 Å². The zero-order chi connectivity index (χ0) is 13.1. The summed E-state index contributed by atoms with van der Waals surface area (Å²) in [6.07, 6.45) is 7.64. The van der Waals surface area contributed by atoms with E-state index in [1.54, 1.807) is 23.4 Å². The van der Waals surface area contributed by atoms with Crippen LogP contribution in [0, 0.1) is 0 Å². The second-order valence-corrected chi connectivity index (χ2v) is 4.43. The van der Waals surface area contributed by atoms with E-state index in [0.29, 0.717) is 5.70 Å². The van der Waals surface area contributed by atoms with Gasteiger partial charge in [-0.05, 0) is 19.3 Å². The number of amides is 1. The maximum Gasteiger partial charge on any atom is 0.416 e. The third kappa shape index (κ3) is 2.59. The van der Waals surface area contributed by atoms with Crippen molar-refractivity contribution in [2.45, 2.75) is 19.3 Å². The average molecular weight is 259 g/mol. The van der Waals surface area contributed by atoms with Gasteiger partial charge in [0, 0.05) is 24.7 Å². The van der Waals surface area contributed by atoms with Gasteiger partial charge in [0.1, 0.15) is 5.70 Å². The number of allylic oxidation sites excluding steroid dienone is 2. The highest BCUT2D eigenvalue weighted by molar-refractivity contribution is 6.07. The molecule has 1 amide bonds. The van der Waals surface area contributed by atoms with Crippen LogP contribution in [0.4, 0.5) is 4.79 Å². The number of rotatable bonds is 1. The number of hydrogen-bond donors (Lipinski definition) is 0. The Hall–Kier alpha value is -2.31. The molecule has 19 heavy (non-hydrogen) atoms. The summed E-state index contributed by atoms with van der Waals surface area (Å²) in [7, 11) is 0. The van der Waals surface area contributed by atoms with Gasteiger partial charge in [-0.15, -0.1) is 10.2 Å². The minimum atomic E-state index is -0.357. The molecule has 0 aromatic heterocycles. The van der Waals surface area contributed by atoms with Crippen LogP contribution in [0.5, 0.6) is 0 Å². The average Bonchev–Trinajstić information content (AvgIpc) is 3.10. The monoisotopic (exact) mass is 259 g/mol. The largest absolute Gasteiger partial charge is 0.416 e. The van der Waals surface area contributed by atoms with Gasteiger partial charge in [0.25, 0.3) is 0 Å². The minimum Gasteiger partial charge on any atom is -0.389 e. The van der Waals surface area contributed by atoms with Crippen molar-refractivity contribution in [3.8, 4) is 0 Å². The molecule has 0 radical (unpaired) electrons. The van der Waals surface area contributed by atoms with Crippen LogP contribution >= 0.6 is 0 Å². The van der Waals surface area contributed by atoms with E-state index in [1.807, 2.05) is 0 Å². The summed E-state index contributed by atoms with van der Waals surface area (Å²) in [5.41, 5.74) is 1.36. The zero-order valence-corrected chi connectivity index (χ0v) is 10.3. The van der Waals surface area contributed by atoms with Gasteiger partial charge >= 0.3 is 6.09 Å². The second-order valence-electron chi connectivity index (χ2n) is 4.43. The van der Waals surface area contributed by atoms with Gasteiger partial charge in [0.2, 0.25) is 5.88 Å². The van der Waals surface area contributed by atoms with Crippen LogP contribution in [-0.4, -0.2) is 36.5 Å². The van der Waals surface area contributed by atoms with E-state index in [0.717, 1.165) is 31.5 Å². The van der Waals surface area contributed by atoms with Gasteiger partial charge in [-0.1, -0.05) is 0 Å². The number of azo groups is 1. The maximum absolute atomic E-state index is 11.9. The molecule has 0 aromatic rings. The van der Waals surface area contributed by atoms with Crippen LogP contribution in [0.2, 0.25) is 0 Å². The van der Waals surface area contributed by atoms with E-state index in [9.17, 15) is 4.79 Å². The lowest BCUT2D eigenvalue weighted by atomic mass is 10.1. The zero-order valence-electron chi connectivity index (χ0n) is 10.3. The summed E-state index contributed by atoms with van der Waals surface area (Å²) in [4.78, 5) is 13.6. The predicted molar refractivity (Wildman–Crippen MR) is 68.9 cm³/mol. The molecule has 7 nitrogen and oxygen atoms in total. The van der Waals surface area contributed by atoms with Gasteiger partial charge in [0.05, 0.1) is 12.4 Å². The van der Waals surface area contributed by atoms with E-state index in [1.165, 1.54) is 6.42 Å². The minimum absolute atomic E-state index is 0.215. The fourth-order valence-corrected chi connectivity index (χ4v) is 2.06. The second kappa shape index (κ2) is 5.13. The van der Waals surface area contributed by atoms with Gasteiger partial charge < -0.3 is 9.64 Å². The van der Waals surface area contributed by atoms with E-state index in [2.05, 4.69) is 20.4 Å². The summed E-state index contributed by atoms with van der Waals surface area (Å²) < 4.78 is 5.21. The summed E-state index contributed by atoms with van der Waals surface area (Å²) in [5, 5.41) is 15.2. The van der Waals surface area contributed by atoms with Crippen molar-refractivity contribution in [1.29, 1.82) is 0 Å². The molecule has 0 aliphatic carbocycles. The van der Waals surface area contributed by atoms with E-state index in [-0.39, 0.29) is 12.0 Å². The molecule has 1 saturated heterocycles. The van der Waals surface area contributed by atoms with Crippen LogP contribution in [0.15, 0.2) is 43.7 Å². The molecule has 98 valence electrons. The molecule has 3 rings (SSSR count). The highest BCUT2D eigenvalue weighted by Crippen LogP contribution is 2.21. The van der Waals surface area contributed by atoms with Crippen LogP contribution in [0.1, 0.15) is 19.3 Å². The lowest BCUT2D eigenvalue weighted by molar-refractivity contribution is 0.119. The Morgan fingerprint density at radius 1 is 1.11 bits per heavy atom. The molecule has 7 heteroatoms. The van der Waals surface area contributed by atoms with Crippen molar-refractivity contribution in [2.75, 3.05) is 13.1 Å². The van der Waals surface area contributed by atoms with Gasteiger partial charge in [0.15, 0.2) is 0 Å². The third-order valence-electron chi connectivity index (χ3n) is 3.08. The first-order chi connectivity index (χ1) is 9.33. The molecule has 0 atom stereocenters. The third-order valence-corrected chi connectivity index (χ3v) is 3.08. The normalized spacial score (nSPS) is 21.3. The Bertz CT molecular complexity index is 524. The first-order valence-corrected chi connectivity index (χ1v) is 6.24. The first kappa shape index (κ1) is 11.8. The Morgan fingerprint density at radius 2 is 1.84 bits per heavy atom. The van der Waals surface area contributed by atoms with Crippen LogP contribution in [0.3, 0.4) is 0 Å². The van der Waals surface area contributed by atoms with Crippen LogP contribution < -0.4 is 0 Å². The number of hydrogen-bond acceptors (Lipinski definition) is 6. The number of piperidine rings is 1. The molecule has 3 heterocycles. The fraction of sp³-hybridized carbons (Fsp3) is 0.417. The smallest absolute Gasteiger partial charge is 0.389 e. The summed E-state index contributed by atoms with van der Waals surface area (Å²) in [6.45, 7) is 1.49. The van der Waals surface area contributed by atoms with Crippen LogP contribution in [-0.2, 0) is 4.74 Å². The molecule has 3 aliphatic rings. The first-order valence-electron chi connectivity index (χ1n) is 6.24. The number of nitrogens with zero attached hydrogens (tertiary/aromatic N) is 5. The van der Waals surface area contributed by atoms with Crippen molar-refractivity contribution in [2.24, 2.45) is 20.4 Å². The molecule has 0 spiro atoms. The Labute approximate surface area is 110 Å². The maximum atomic E-state index is 11.9. The number of carbonyl (C=O) groups excluding carboxylic acids is 1. The highest BCUT2D eigenvalue weighted by Gasteiger charge is 2.21. The topological polar surface area (TPSA) is 79.0 Å². The molecule has 0 N–H and O–H groups in total. The predicted octanol–water partition coefficient (Wildman–Crippen LogP) is 2.24. The van der Waals surface area contributed by atoms with Gasteiger partial charge in [-0.2, -0.15) is 10.2 Å². The van der Waals surface area contributed by atoms with Crippen molar-refractivity contribution in [3.63, 3.8) is 0 Å². The molecule has 0 saturated carbocycles. The molecule has 0 aromatic carbocycles. The summed E-state index contributed by atoms with van der Waals surface area (Å²) in [5.74, 6) is 0.215. The Kier molecular flexibility index (Phi) is 3.18. The summed E-state index contributed by atoms with van der Waals surface area (Å²) >= 11 is 0. The number of carbonyl (C=O) groups is 1. The van der Waals surface area contributed by atoms with Crippen LogP contribution in [0.25, 0.3) is 0 Å². The number of ether oxygens (including phenoxy) is 1. The lowest BCUT2D eigenvalue weighted by Gasteiger charge is -2.25. The Morgan fingerprint density at radius 3 is 2.58 bits per heavy atom. The molecule has 0 bridgehead atoms. The quantitative estimate of drug-likeness (QED) is 0.723. The Balaban J connectivity index is 1.65. The molecule has 1 fully saturated rings. The van der Waals surface area contributed by atoms with Crippen molar-refractivity contribution in [3.05, 3.63) is 23.2 Å². The van der Waals surface area contributed by atoms with Crippen molar-refractivity contribution < 1.29 is 9.53 Å². The molecular weight excluding hydrogens is 246 g/mol. The van der Waals surface area contributed by atoms with E-state index < -0.39 is 0 Å².